The highest BCUT2D eigenvalue weighted by Gasteiger charge is 2.24. The van der Waals surface area contributed by atoms with Crippen LogP contribution in [0.2, 0.25) is 0 Å². The Labute approximate surface area is 136 Å². The maximum absolute atomic E-state index is 12.0. The van der Waals surface area contributed by atoms with Gasteiger partial charge in [-0.3, -0.25) is 4.79 Å². The summed E-state index contributed by atoms with van der Waals surface area (Å²) in [5.74, 6) is 0.333. The summed E-state index contributed by atoms with van der Waals surface area (Å²) in [6.07, 6.45) is 0. The number of nitrogens with zero attached hydrogens (tertiary/aromatic N) is 3. The predicted molar refractivity (Wildman–Crippen MR) is 91.0 cm³/mol. The number of hydrogen-bond acceptors (Lipinski definition) is 4. The highest BCUT2D eigenvalue weighted by Crippen LogP contribution is 2.31. The van der Waals surface area contributed by atoms with E-state index in [-0.39, 0.29) is 11.8 Å². The third-order valence-corrected chi connectivity index (χ3v) is 5.27. The smallest absolute Gasteiger partial charge is 0.225 e. The predicted octanol–water partition coefficient (Wildman–Crippen LogP) is 3.36. The first-order valence-corrected chi connectivity index (χ1v) is 8.75. The number of carbonyl (C=O) groups is 1. The van der Waals surface area contributed by atoms with E-state index in [1.165, 1.54) is 4.70 Å². The van der Waals surface area contributed by atoms with E-state index in [1.807, 2.05) is 30.9 Å². The van der Waals surface area contributed by atoms with Gasteiger partial charge >= 0.3 is 0 Å². The van der Waals surface area contributed by atoms with Crippen LogP contribution in [0.3, 0.4) is 0 Å². The lowest BCUT2D eigenvalue weighted by Crippen LogP contribution is -2.49. The third-order valence-electron chi connectivity index (χ3n) is 3.69. The molecule has 0 aliphatic carbocycles. The zero-order chi connectivity index (χ0) is 15.0. The standard InChI is InChI=1S/C15H18BrN3OS/c1-10(2)14(20)18-5-7-19(8-6-18)15-17-12-4-3-11(16)9-13(12)21-15/h3-4,9-10H,5-8H2,1-2H3. The minimum atomic E-state index is 0.0800. The number of rotatable bonds is 2. The number of aromatic nitrogens is 1. The van der Waals surface area contributed by atoms with E-state index >= 15 is 0 Å². The van der Waals surface area contributed by atoms with Gasteiger partial charge in [0.25, 0.3) is 0 Å². The fourth-order valence-electron chi connectivity index (χ4n) is 2.50. The van der Waals surface area contributed by atoms with Gasteiger partial charge in [0.1, 0.15) is 0 Å². The van der Waals surface area contributed by atoms with Crippen molar-refractivity contribution in [3.63, 3.8) is 0 Å². The number of fused-ring (bicyclic) bond motifs is 1. The molecule has 1 aliphatic heterocycles. The summed E-state index contributed by atoms with van der Waals surface area (Å²) in [5, 5.41) is 1.06. The summed E-state index contributed by atoms with van der Waals surface area (Å²) in [5.41, 5.74) is 1.04. The summed E-state index contributed by atoms with van der Waals surface area (Å²) in [7, 11) is 0. The normalized spacial score (nSPS) is 16.0. The van der Waals surface area contributed by atoms with Gasteiger partial charge in [0.2, 0.25) is 5.91 Å². The SMILES string of the molecule is CC(C)C(=O)N1CCN(c2nc3ccc(Br)cc3s2)CC1. The van der Waals surface area contributed by atoms with E-state index in [4.69, 9.17) is 4.98 Å². The number of thiazole rings is 1. The van der Waals surface area contributed by atoms with Crippen LogP contribution >= 0.6 is 27.3 Å². The molecule has 4 nitrogen and oxygen atoms in total. The second-order valence-electron chi connectivity index (χ2n) is 5.58. The topological polar surface area (TPSA) is 36.4 Å². The fourth-order valence-corrected chi connectivity index (χ4v) is 4.07. The van der Waals surface area contributed by atoms with Crippen molar-refractivity contribution in [1.29, 1.82) is 0 Å². The lowest BCUT2D eigenvalue weighted by molar-refractivity contribution is -0.134. The summed E-state index contributed by atoms with van der Waals surface area (Å²) in [6.45, 7) is 7.21. The Morgan fingerprint density at radius 3 is 2.67 bits per heavy atom. The van der Waals surface area contributed by atoms with Crippen LogP contribution in [0.15, 0.2) is 22.7 Å². The van der Waals surface area contributed by atoms with Crippen LogP contribution in [0.5, 0.6) is 0 Å². The Morgan fingerprint density at radius 1 is 1.29 bits per heavy atom. The Bertz CT molecular complexity index is 662. The van der Waals surface area contributed by atoms with E-state index in [2.05, 4.69) is 26.9 Å². The molecule has 0 spiro atoms. The molecule has 0 unspecified atom stereocenters. The van der Waals surface area contributed by atoms with Crippen LogP contribution in [-0.2, 0) is 4.79 Å². The molecule has 3 rings (SSSR count). The molecule has 0 atom stereocenters. The minimum absolute atomic E-state index is 0.0800. The summed E-state index contributed by atoms with van der Waals surface area (Å²) < 4.78 is 2.28. The lowest BCUT2D eigenvalue weighted by Gasteiger charge is -2.35. The number of piperazine rings is 1. The average molecular weight is 368 g/mol. The maximum atomic E-state index is 12.0. The van der Waals surface area contributed by atoms with Crippen molar-refractivity contribution in [3.05, 3.63) is 22.7 Å². The van der Waals surface area contributed by atoms with Gasteiger partial charge in [-0.1, -0.05) is 41.1 Å². The highest BCUT2D eigenvalue weighted by atomic mass is 79.9. The molecule has 2 heterocycles. The minimum Gasteiger partial charge on any atom is -0.345 e. The monoisotopic (exact) mass is 367 g/mol. The van der Waals surface area contributed by atoms with Crippen LogP contribution in [0.1, 0.15) is 13.8 Å². The average Bonchev–Trinajstić information content (AvgIpc) is 2.89. The first-order valence-electron chi connectivity index (χ1n) is 7.14. The summed E-state index contributed by atoms with van der Waals surface area (Å²) in [6, 6.07) is 6.16. The molecule has 112 valence electrons. The largest absolute Gasteiger partial charge is 0.345 e. The first-order chi connectivity index (χ1) is 10.0. The molecule has 0 N–H and O–H groups in total. The molecule has 1 amide bonds. The summed E-state index contributed by atoms with van der Waals surface area (Å²) >= 11 is 5.21. The Hall–Kier alpha value is -1.14. The Morgan fingerprint density at radius 2 is 2.00 bits per heavy atom. The molecule has 1 aromatic heterocycles. The molecule has 1 aliphatic rings. The second-order valence-corrected chi connectivity index (χ2v) is 7.50. The van der Waals surface area contributed by atoms with Gasteiger partial charge in [-0.25, -0.2) is 4.98 Å². The number of carbonyl (C=O) groups excluding carboxylic acids is 1. The molecular weight excluding hydrogens is 350 g/mol. The molecular formula is C15H18BrN3OS. The Kier molecular flexibility index (Phi) is 4.17. The molecule has 1 saturated heterocycles. The van der Waals surface area contributed by atoms with Crippen LogP contribution in [0, 0.1) is 5.92 Å². The number of anilines is 1. The third kappa shape index (κ3) is 3.06. The zero-order valence-electron chi connectivity index (χ0n) is 12.2. The molecule has 1 fully saturated rings. The molecule has 2 aromatic rings. The van der Waals surface area contributed by atoms with Crippen LogP contribution in [0.25, 0.3) is 10.2 Å². The molecule has 21 heavy (non-hydrogen) atoms. The quantitative estimate of drug-likeness (QED) is 0.816. The van der Waals surface area contributed by atoms with Gasteiger partial charge in [0.05, 0.1) is 10.2 Å². The molecule has 6 heteroatoms. The number of amides is 1. The number of halogens is 1. The van der Waals surface area contributed by atoms with Gasteiger partial charge in [0, 0.05) is 36.6 Å². The zero-order valence-corrected chi connectivity index (χ0v) is 14.6. The Balaban J connectivity index is 1.72. The number of hydrogen-bond donors (Lipinski definition) is 0. The highest BCUT2D eigenvalue weighted by molar-refractivity contribution is 9.10. The number of benzene rings is 1. The maximum Gasteiger partial charge on any atom is 0.225 e. The fraction of sp³-hybridized carbons (Fsp3) is 0.467. The van der Waals surface area contributed by atoms with E-state index in [9.17, 15) is 4.79 Å². The van der Waals surface area contributed by atoms with Crippen LogP contribution in [0.4, 0.5) is 5.13 Å². The van der Waals surface area contributed by atoms with Crippen molar-refractivity contribution in [2.75, 3.05) is 31.1 Å². The van der Waals surface area contributed by atoms with Gasteiger partial charge in [-0.15, -0.1) is 0 Å². The van der Waals surface area contributed by atoms with Crippen molar-refractivity contribution in [3.8, 4) is 0 Å². The van der Waals surface area contributed by atoms with Crippen LogP contribution in [-0.4, -0.2) is 42.0 Å². The van der Waals surface area contributed by atoms with E-state index in [1.54, 1.807) is 11.3 Å². The van der Waals surface area contributed by atoms with E-state index < -0.39 is 0 Å². The van der Waals surface area contributed by atoms with Crippen molar-refractivity contribution < 1.29 is 4.79 Å². The van der Waals surface area contributed by atoms with Crippen molar-refractivity contribution in [2.45, 2.75) is 13.8 Å². The molecule has 0 radical (unpaired) electrons. The van der Waals surface area contributed by atoms with Crippen molar-refractivity contribution in [1.82, 2.24) is 9.88 Å². The van der Waals surface area contributed by atoms with Gasteiger partial charge in [-0.2, -0.15) is 0 Å². The summed E-state index contributed by atoms with van der Waals surface area (Å²) in [4.78, 5) is 21.0. The van der Waals surface area contributed by atoms with Gasteiger partial charge < -0.3 is 9.80 Å². The van der Waals surface area contributed by atoms with Crippen molar-refractivity contribution >= 4 is 48.5 Å². The second kappa shape index (κ2) is 5.93. The lowest BCUT2D eigenvalue weighted by atomic mass is 10.2. The molecule has 0 saturated carbocycles. The van der Waals surface area contributed by atoms with Gasteiger partial charge in [0.15, 0.2) is 5.13 Å². The van der Waals surface area contributed by atoms with Crippen LogP contribution < -0.4 is 4.90 Å². The van der Waals surface area contributed by atoms with E-state index in [0.29, 0.717) is 0 Å². The first kappa shape index (κ1) is 14.8. The van der Waals surface area contributed by atoms with Gasteiger partial charge in [-0.05, 0) is 18.2 Å². The van der Waals surface area contributed by atoms with Crippen molar-refractivity contribution in [2.24, 2.45) is 5.92 Å². The molecule has 1 aromatic carbocycles. The molecule has 0 bridgehead atoms. The van der Waals surface area contributed by atoms with E-state index in [0.717, 1.165) is 41.3 Å².